The molecule has 0 fully saturated rings. The van der Waals surface area contributed by atoms with Gasteiger partial charge >= 0.3 is 12.0 Å². The maximum absolute atomic E-state index is 10.7. The lowest BCUT2D eigenvalue weighted by molar-refractivity contribution is -0.504. The quantitative estimate of drug-likeness (QED) is 0.223. The lowest BCUT2D eigenvalue weighted by Gasteiger charge is -2.05. The molecule has 5 nitrogen and oxygen atoms in total. The Kier molecular flexibility index (Phi) is 15.5. The fourth-order valence-electron chi connectivity index (χ4n) is 2.46. The topological polar surface area (TPSA) is 80.4 Å². The monoisotopic (exact) mass is 347 g/mol. The number of nitrogens with zero attached hydrogens (tertiary/aromatic N) is 1. The second-order valence-electron chi connectivity index (χ2n) is 6.10. The third-order valence-corrected chi connectivity index (χ3v) is 5.09. The molecule has 0 heterocycles. The molecule has 0 aromatic carbocycles. The summed E-state index contributed by atoms with van der Waals surface area (Å²) >= 11 is 1.38. The zero-order chi connectivity index (χ0) is 17.3. The van der Waals surface area contributed by atoms with Crippen LogP contribution in [0.1, 0.15) is 84.0 Å². The molecule has 0 saturated heterocycles. The van der Waals surface area contributed by atoms with E-state index < -0.39 is 16.9 Å². The molecule has 0 rings (SSSR count). The Morgan fingerprint density at radius 2 is 1.39 bits per heavy atom. The van der Waals surface area contributed by atoms with Gasteiger partial charge in [-0.05, 0) is 12.2 Å². The molecular formula is C17H33NO4S. The van der Waals surface area contributed by atoms with E-state index >= 15 is 0 Å². The van der Waals surface area contributed by atoms with Gasteiger partial charge in [-0.1, -0.05) is 77.6 Å². The number of aliphatic carboxylic acids is 1. The van der Waals surface area contributed by atoms with Crippen molar-refractivity contribution in [3.63, 3.8) is 0 Å². The summed E-state index contributed by atoms with van der Waals surface area (Å²) in [5.41, 5.74) is 0. The minimum atomic E-state index is -1.46. The second-order valence-corrected chi connectivity index (χ2v) is 7.25. The summed E-state index contributed by atoms with van der Waals surface area (Å²) in [6.07, 6.45) is 15.5. The van der Waals surface area contributed by atoms with Crippen molar-refractivity contribution in [3.05, 3.63) is 10.1 Å². The van der Waals surface area contributed by atoms with Crippen LogP contribution in [0.3, 0.4) is 0 Å². The van der Waals surface area contributed by atoms with Gasteiger partial charge in [0.2, 0.25) is 0 Å². The number of hydrogen-bond acceptors (Lipinski definition) is 4. The minimum Gasteiger partial charge on any atom is -0.476 e. The van der Waals surface area contributed by atoms with E-state index in [-0.39, 0.29) is 5.75 Å². The van der Waals surface area contributed by atoms with Crippen LogP contribution in [-0.2, 0) is 4.79 Å². The lowest BCUT2D eigenvalue weighted by Crippen LogP contribution is -2.31. The van der Waals surface area contributed by atoms with Crippen LogP contribution in [0.5, 0.6) is 0 Å². The lowest BCUT2D eigenvalue weighted by atomic mass is 10.1. The number of thioether (sulfide) groups is 1. The normalized spacial score (nSPS) is 12.2. The van der Waals surface area contributed by atoms with Crippen LogP contribution < -0.4 is 0 Å². The highest BCUT2D eigenvalue weighted by atomic mass is 32.2. The SMILES string of the molecule is CCCCCCCCCCCCCCSCC(C(=O)O)[N+](=O)[O-]. The fraction of sp³-hybridized carbons (Fsp3) is 0.941. The predicted octanol–water partition coefficient (Wildman–Crippen LogP) is 5.15. The molecule has 0 aliphatic carbocycles. The van der Waals surface area contributed by atoms with E-state index in [1.807, 2.05) is 0 Å². The zero-order valence-electron chi connectivity index (χ0n) is 14.5. The average Bonchev–Trinajstić information content (AvgIpc) is 2.50. The summed E-state index contributed by atoms with van der Waals surface area (Å²) in [6.45, 7) is 2.24. The van der Waals surface area contributed by atoms with E-state index in [4.69, 9.17) is 5.11 Å². The Labute approximate surface area is 144 Å². The first kappa shape index (κ1) is 22.2. The van der Waals surface area contributed by atoms with E-state index in [0.29, 0.717) is 0 Å². The number of carbonyl (C=O) groups is 1. The Morgan fingerprint density at radius 1 is 0.957 bits per heavy atom. The molecule has 0 aliphatic rings. The highest BCUT2D eigenvalue weighted by Crippen LogP contribution is 2.14. The van der Waals surface area contributed by atoms with Crippen LogP contribution in [0.2, 0.25) is 0 Å². The number of hydrogen-bond donors (Lipinski definition) is 1. The second kappa shape index (κ2) is 16.1. The largest absolute Gasteiger partial charge is 0.476 e. The molecule has 0 aromatic rings. The third-order valence-electron chi connectivity index (χ3n) is 3.96. The van der Waals surface area contributed by atoms with Gasteiger partial charge < -0.3 is 5.11 Å². The molecule has 23 heavy (non-hydrogen) atoms. The van der Waals surface area contributed by atoms with E-state index in [1.54, 1.807) is 0 Å². The van der Waals surface area contributed by atoms with Crippen LogP contribution in [0.4, 0.5) is 0 Å². The highest BCUT2D eigenvalue weighted by molar-refractivity contribution is 7.99. The molecule has 0 saturated carbocycles. The average molecular weight is 348 g/mol. The van der Waals surface area contributed by atoms with Gasteiger partial charge in [0.15, 0.2) is 0 Å². The van der Waals surface area contributed by atoms with Crippen LogP contribution in [0.15, 0.2) is 0 Å². The van der Waals surface area contributed by atoms with E-state index in [1.165, 1.54) is 76.0 Å². The van der Waals surface area contributed by atoms with Crippen molar-refractivity contribution in [2.24, 2.45) is 0 Å². The molecule has 0 radical (unpaired) electrons. The molecule has 1 atom stereocenters. The molecule has 6 heteroatoms. The molecule has 1 unspecified atom stereocenters. The number of carboxylic acid groups (broad SMARTS) is 1. The number of rotatable bonds is 17. The number of unbranched alkanes of at least 4 members (excludes halogenated alkanes) is 11. The minimum absolute atomic E-state index is 0.0698. The maximum atomic E-state index is 10.7. The molecule has 0 spiro atoms. The van der Waals surface area contributed by atoms with Gasteiger partial charge in [0, 0.05) is 4.92 Å². The summed E-state index contributed by atoms with van der Waals surface area (Å²) in [7, 11) is 0. The van der Waals surface area contributed by atoms with Gasteiger partial charge in [0.25, 0.3) is 0 Å². The Balaban J connectivity index is 3.24. The summed E-state index contributed by atoms with van der Waals surface area (Å²) in [5.74, 6) is -0.452. The van der Waals surface area contributed by atoms with Crippen LogP contribution >= 0.6 is 11.8 Å². The third kappa shape index (κ3) is 14.5. The van der Waals surface area contributed by atoms with Gasteiger partial charge in [-0.15, -0.1) is 0 Å². The van der Waals surface area contributed by atoms with Crippen LogP contribution in [0, 0.1) is 10.1 Å². The summed E-state index contributed by atoms with van der Waals surface area (Å²) in [5, 5.41) is 19.2. The summed E-state index contributed by atoms with van der Waals surface area (Å²) in [4.78, 5) is 20.5. The van der Waals surface area contributed by atoms with Crippen LogP contribution in [0.25, 0.3) is 0 Å². The Morgan fingerprint density at radius 3 is 1.78 bits per heavy atom. The first-order chi connectivity index (χ1) is 11.1. The van der Waals surface area contributed by atoms with Crippen LogP contribution in [-0.4, -0.2) is 33.5 Å². The van der Waals surface area contributed by atoms with Crippen molar-refractivity contribution >= 4 is 17.7 Å². The van der Waals surface area contributed by atoms with Crippen molar-refractivity contribution < 1.29 is 14.8 Å². The van der Waals surface area contributed by atoms with E-state index in [9.17, 15) is 14.9 Å². The standard InChI is InChI=1S/C17H33NO4S/c1-2-3-4-5-6-7-8-9-10-11-12-13-14-23-15-16(17(19)20)18(21)22/h16H,2-15H2,1H3,(H,19,20). The smallest absolute Gasteiger partial charge is 0.380 e. The van der Waals surface area contributed by atoms with Crippen molar-refractivity contribution in [1.29, 1.82) is 0 Å². The van der Waals surface area contributed by atoms with Gasteiger partial charge in [0.1, 0.15) is 0 Å². The number of nitro groups is 1. The zero-order valence-corrected chi connectivity index (χ0v) is 15.3. The highest BCUT2D eigenvalue weighted by Gasteiger charge is 2.28. The van der Waals surface area contributed by atoms with Crippen molar-refractivity contribution in [2.45, 2.75) is 90.0 Å². The van der Waals surface area contributed by atoms with Crippen molar-refractivity contribution in [1.82, 2.24) is 0 Å². The molecule has 1 N–H and O–H groups in total. The van der Waals surface area contributed by atoms with Gasteiger partial charge in [0.05, 0.1) is 5.75 Å². The van der Waals surface area contributed by atoms with E-state index in [2.05, 4.69) is 6.92 Å². The van der Waals surface area contributed by atoms with Crippen molar-refractivity contribution in [3.8, 4) is 0 Å². The Hall–Kier alpha value is -0.780. The van der Waals surface area contributed by atoms with Gasteiger partial charge in [-0.25, -0.2) is 4.79 Å². The summed E-state index contributed by atoms with van der Waals surface area (Å²) in [6, 6.07) is -1.46. The molecule has 136 valence electrons. The van der Waals surface area contributed by atoms with E-state index in [0.717, 1.165) is 18.6 Å². The van der Waals surface area contributed by atoms with Gasteiger partial charge in [-0.2, -0.15) is 11.8 Å². The fourth-order valence-corrected chi connectivity index (χ4v) is 3.52. The molecule has 0 amide bonds. The predicted molar refractivity (Wildman–Crippen MR) is 96.8 cm³/mol. The molecule has 0 aromatic heterocycles. The molecule has 0 bridgehead atoms. The molecular weight excluding hydrogens is 314 g/mol. The number of carboxylic acids is 1. The maximum Gasteiger partial charge on any atom is 0.380 e. The Bertz CT molecular complexity index is 299. The molecule has 0 aliphatic heterocycles. The first-order valence-electron chi connectivity index (χ1n) is 9.03. The first-order valence-corrected chi connectivity index (χ1v) is 10.2. The van der Waals surface area contributed by atoms with Gasteiger partial charge in [-0.3, -0.25) is 10.1 Å². The summed E-state index contributed by atoms with van der Waals surface area (Å²) < 4.78 is 0. The van der Waals surface area contributed by atoms with Crippen molar-refractivity contribution in [2.75, 3.05) is 11.5 Å².